The fourth-order valence-electron chi connectivity index (χ4n) is 0.694. The van der Waals surface area contributed by atoms with Gasteiger partial charge in [-0.25, -0.2) is 9.37 Å². The van der Waals surface area contributed by atoms with E-state index in [1.54, 1.807) is 6.07 Å². The fraction of sp³-hybridized carbons (Fsp3) is 0.143. The Morgan fingerprint density at radius 2 is 2.36 bits per heavy atom. The van der Waals surface area contributed by atoms with Gasteiger partial charge >= 0.3 is 0 Å². The van der Waals surface area contributed by atoms with Crippen molar-refractivity contribution in [3.63, 3.8) is 0 Å². The highest BCUT2D eigenvalue weighted by Crippen LogP contribution is 2.11. The number of carbonyl (C=O) groups is 1. The van der Waals surface area contributed by atoms with Crippen molar-refractivity contribution >= 4 is 22.2 Å². The van der Waals surface area contributed by atoms with Crippen LogP contribution in [0, 0.1) is 0 Å². The third kappa shape index (κ3) is 1.83. The summed E-state index contributed by atoms with van der Waals surface area (Å²) < 4.78 is 12.6. The number of hydrogen-bond donors (Lipinski definition) is 0. The smallest absolute Gasteiger partial charge is 0.168 e. The maximum atomic E-state index is 12.1. The maximum Gasteiger partial charge on any atom is 0.168 e. The van der Waals surface area contributed by atoms with Crippen LogP contribution in [0.15, 0.2) is 16.7 Å². The molecule has 1 heterocycles. The molecule has 0 saturated carbocycles. The standard InChI is InChI=1S/C7H5BrFNO/c8-7-2-1-5(3-9)6(4-11)10-7/h1-2,4H,3H2. The van der Waals surface area contributed by atoms with Gasteiger partial charge in [0.25, 0.3) is 0 Å². The Hall–Kier alpha value is -0.770. The summed E-state index contributed by atoms with van der Waals surface area (Å²) in [7, 11) is 0. The highest BCUT2D eigenvalue weighted by atomic mass is 79.9. The van der Waals surface area contributed by atoms with E-state index < -0.39 is 6.67 Å². The summed E-state index contributed by atoms with van der Waals surface area (Å²) in [5.41, 5.74) is 0.477. The molecule has 0 atom stereocenters. The summed E-state index contributed by atoms with van der Waals surface area (Å²) in [6, 6.07) is 3.13. The van der Waals surface area contributed by atoms with Crippen molar-refractivity contribution in [2.24, 2.45) is 0 Å². The summed E-state index contributed by atoms with van der Waals surface area (Å²) in [6.07, 6.45) is 0.541. The predicted octanol–water partition coefficient (Wildman–Crippen LogP) is 2.13. The molecule has 4 heteroatoms. The van der Waals surface area contributed by atoms with E-state index in [0.717, 1.165) is 0 Å². The molecular weight excluding hydrogens is 213 g/mol. The molecule has 0 bridgehead atoms. The van der Waals surface area contributed by atoms with Gasteiger partial charge < -0.3 is 0 Å². The van der Waals surface area contributed by atoms with Crippen molar-refractivity contribution in [3.8, 4) is 0 Å². The number of hydrogen-bond acceptors (Lipinski definition) is 2. The highest BCUT2D eigenvalue weighted by molar-refractivity contribution is 9.10. The largest absolute Gasteiger partial charge is 0.296 e. The Bertz CT molecular complexity index is 277. The minimum Gasteiger partial charge on any atom is -0.296 e. The lowest BCUT2D eigenvalue weighted by molar-refractivity contribution is 0.111. The molecule has 0 spiro atoms. The molecule has 0 fully saturated rings. The van der Waals surface area contributed by atoms with Crippen LogP contribution >= 0.6 is 15.9 Å². The van der Waals surface area contributed by atoms with Crippen molar-refractivity contribution < 1.29 is 9.18 Å². The first kappa shape index (κ1) is 8.33. The molecule has 0 saturated heterocycles. The normalized spacial score (nSPS) is 9.64. The van der Waals surface area contributed by atoms with Crippen LogP contribution in [0.3, 0.4) is 0 Å². The molecule has 0 aromatic carbocycles. The van der Waals surface area contributed by atoms with Crippen LogP contribution in [0.4, 0.5) is 4.39 Å². The van der Waals surface area contributed by atoms with Gasteiger partial charge in [0, 0.05) is 5.56 Å². The van der Waals surface area contributed by atoms with E-state index in [2.05, 4.69) is 20.9 Å². The van der Waals surface area contributed by atoms with E-state index in [1.165, 1.54) is 6.07 Å². The molecule has 2 nitrogen and oxygen atoms in total. The van der Waals surface area contributed by atoms with Crippen molar-refractivity contribution in [2.45, 2.75) is 6.67 Å². The van der Waals surface area contributed by atoms with Gasteiger partial charge in [0.05, 0.1) is 0 Å². The van der Waals surface area contributed by atoms with Crippen molar-refractivity contribution in [2.75, 3.05) is 0 Å². The molecule has 0 aliphatic rings. The molecule has 1 rings (SSSR count). The van der Waals surface area contributed by atoms with Crippen LogP contribution in [0.2, 0.25) is 0 Å². The van der Waals surface area contributed by atoms with Gasteiger partial charge in [0.2, 0.25) is 0 Å². The summed E-state index contributed by atoms with van der Waals surface area (Å²) in [4.78, 5) is 14.1. The van der Waals surface area contributed by atoms with E-state index in [-0.39, 0.29) is 5.69 Å². The molecule has 11 heavy (non-hydrogen) atoms. The number of pyridine rings is 1. The third-order valence-corrected chi connectivity index (χ3v) is 1.68. The van der Waals surface area contributed by atoms with Gasteiger partial charge in [0.1, 0.15) is 17.0 Å². The number of nitrogens with zero attached hydrogens (tertiary/aromatic N) is 1. The van der Waals surface area contributed by atoms with Crippen LogP contribution in [0.5, 0.6) is 0 Å². The molecule has 0 radical (unpaired) electrons. The van der Waals surface area contributed by atoms with Gasteiger partial charge in [-0.1, -0.05) is 6.07 Å². The van der Waals surface area contributed by atoms with E-state index in [9.17, 15) is 9.18 Å². The second kappa shape index (κ2) is 3.57. The van der Waals surface area contributed by atoms with Gasteiger partial charge in [0.15, 0.2) is 6.29 Å². The minimum atomic E-state index is -0.658. The van der Waals surface area contributed by atoms with Crippen LogP contribution in [0.25, 0.3) is 0 Å². The Morgan fingerprint density at radius 3 is 2.91 bits per heavy atom. The van der Waals surface area contributed by atoms with Crippen LogP contribution in [-0.4, -0.2) is 11.3 Å². The number of rotatable bonds is 2. The average molecular weight is 218 g/mol. The van der Waals surface area contributed by atoms with Crippen LogP contribution in [-0.2, 0) is 6.67 Å². The molecular formula is C7H5BrFNO. The summed E-state index contributed by atoms with van der Waals surface area (Å²) in [5, 5.41) is 0. The maximum absolute atomic E-state index is 12.1. The topological polar surface area (TPSA) is 30.0 Å². The molecule has 0 amide bonds. The number of halogens is 2. The lowest BCUT2D eigenvalue weighted by Crippen LogP contribution is -1.93. The zero-order valence-electron chi connectivity index (χ0n) is 5.55. The Kier molecular flexibility index (Phi) is 2.70. The first-order chi connectivity index (χ1) is 5.27. The number of carbonyl (C=O) groups excluding carboxylic acids is 1. The fourth-order valence-corrected chi connectivity index (χ4v) is 1.02. The van der Waals surface area contributed by atoms with Crippen molar-refractivity contribution in [1.82, 2.24) is 4.98 Å². The highest BCUT2D eigenvalue weighted by Gasteiger charge is 2.02. The molecule has 1 aromatic heterocycles. The van der Waals surface area contributed by atoms with E-state index in [4.69, 9.17) is 0 Å². The van der Waals surface area contributed by atoms with Crippen LogP contribution < -0.4 is 0 Å². The van der Waals surface area contributed by atoms with Gasteiger partial charge in [-0.05, 0) is 22.0 Å². The van der Waals surface area contributed by atoms with Crippen molar-refractivity contribution in [3.05, 3.63) is 28.0 Å². The molecule has 0 unspecified atom stereocenters. The molecule has 1 aromatic rings. The van der Waals surface area contributed by atoms with Crippen molar-refractivity contribution in [1.29, 1.82) is 0 Å². The Labute approximate surface area is 71.6 Å². The number of aldehydes is 1. The average Bonchev–Trinajstić information content (AvgIpc) is 2.04. The quantitative estimate of drug-likeness (QED) is 0.562. The first-order valence-electron chi connectivity index (χ1n) is 2.94. The summed E-state index contributed by atoms with van der Waals surface area (Å²) in [5.74, 6) is 0. The van der Waals surface area contributed by atoms with Crippen LogP contribution in [0.1, 0.15) is 16.1 Å². The van der Waals surface area contributed by atoms with Gasteiger partial charge in [-0.3, -0.25) is 4.79 Å². The van der Waals surface area contributed by atoms with E-state index in [0.29, 0.717) is 16.5 Å². The second-order valence-electron chi connectivity index (χ2n) is 1.93. The number of alkyl halides is 1. The minimum absolute atomic E-state index is 0.155. The molecule has 0 aliphatic heterocycles. The SMILES string of the molecule is O=Cc1nc(Br)ccc1CF. The predicted molar refractivity (Wildman–Crippen MR) is 42.1 cm³/mol. The van der Waals surface area contributed by atoms with E-state index >= 15 is 0 Å². The lowest BCUT2D eigenvalue weighted by Gasteiger charge is -1.97. The molecule has 58 valence electrons. The number of aromatic nitrogens is 1. The van der Waals surface area contributed by atoms with E-state index in [1.807, 2.05) is 0 Å². The second-order valence-corrected chi connectivity index (χ2v) is 2.74. The monoisotopic (exact) mass is 217 g/mol. The van der Waals surface area contributed by atoms with Gasteiger partial charge in [-0.2, -0.15) is 0 Å². The van der Waals surface area contributed by atoms with Gasteiger partial charge in [-0.15, -0.1) is 0 Å². The lowest BCUT2D eigenvalue weighted by atomic mass is 10.2. The Balaban J connectivity index is 3.16. The zero-order valence-corrected chi connectivity index (χ0v) is 7.14. The summed E-state index contributed by atoms with van der Waals surface area (Å²) >= 11 is 3.07. The third-order valence-electron chi connectivity index (χ3n) is 1.23. The molecule has 0 aliphatic carbocycles. The zero-order chi connectivity index (χ0) is 8.27. The Morgan fingerprint density at radius 1 is 1.64 bits per heavy atom. The first-order valence-corrected chi connectivity index (χ1v) is 3.74. The summed E-state index contributed by atoms with van der Waals surface area (Å²) in [6.45, 7) is -0.658. The molecule has 0 N–H and O–H groups in total.